The van der Waals surface area contributed by atoms with Crippen LogP contribution in [0.25, 0.3) is 11.0 Å². The molecule has 5 nitrogen and oxygen atoms in total. The summed E-state index contributed by atoms with van der Waals surface area (Å²) < 4.78 is 18.9. The summed E-state index contributed by atoms with van der Waals surface area (Å²) in [6, 6.07) is 5.03. The second-order valence-corrected chi connectivity index (χ2v) is 5.12. The zero-order valence-electron chi connectivity index (χ0n) is 11.2. The number of carboxylic acid groups (broad SMARTS) is 1. The summed E-state index contributed by atoms with van der Waals surface area (Å²) >= 11 is 0. The third-order valence-corrected chi connectivity index (χ3v) is 3.76. The molecule has 1 aromatic heterocycles. The van der Waals surface area contributed by atoms with Crippen LogP contribution < -0.4 is 0 Å². The number of carbonyl (C=O) groups excluding carboxylic acids is 1. The monoisotopic (exact) mass is 291 g/mol. The van der Waals surface area contributed by atoms with Crippen molar-refractivity contribution in [2.45, 2.75) is 25.3 Å². The van der Waals surface area contributed by atoms with E-state index in [4.69, 9.17) is 4.42 Å². The van der Waals surface area contributed by atoms with Crippen molar-refractivity contribution in [3.63, 3.8) is 0 Å². The molecule has 1 aliphatic rings. The van der Waals surface area contributed by atoms with Crippen molar-refractivity contribution in [2.24, 2.45) is 0 Å². The van der Waals surface area contributed by atoms with E-state index in [2.05, 4.69) is 0 Å². The zero-order valence-corrected chi connectivity index (χ0v) is 11.2. The number of benzene rings is 1. The van der Waals surface area contributed by atoms with Crippen LogP contribution in [0.4, 0.5) is 4.39 Å². The number of rotatable bonds is 2. The average Bonchev–Trinajstić information content (AvgIpc) is 2.92. The smallest absolute Gasteiger partial charge is 0.326 e. The Morgan fingerprint density at radius 3 is 2.86 bits per heavy atom. The Balaban J connectivity index is 1.95. The van der Waals surface area contributed by atoms with E-state index in [9.17, 15) is 19.1 Å². The van der Waals surface area contributed by atoms with E-state index in [0.717, 1.165) is 12.8 Å². The van der Waals surface area contributed by atoms with E-state index in [0.29, 0.717) is 18.4 Å². The number of piperidine rings is 1. The quantitative estimate of drug-likeness (QED) is 0.923. The van der Waals surface area contributed by atoms with Gasteiger partial charge in [-0.2, -0.15) is 0 Å². The van der Waals surface area contributed by atoms with Crippen LogP contribution >= 0.6 is 0 Å². The first-order chi connectivity index (χ1) is 10.1. The SMILES string of the molecule is O=C(O)[C@@H]1CCCCN1C(=O)c1cc2cccc(F)c2o1. The number of fused-ring (bicyclic) bond motifs is 1. The van der Waals surface area contributed by atoms with Crippen molar-refractivity contribution < 1.29 is 23.5 Å². The zero-order chi connectivity index (χ0) is 15.0. The summed E-state index contributed by atoms with van der Waals surface area (Å²) in [4.78, 5) is 25.0. The highest BCUT2D eigenvalue weighted by Crippen LogP contribution is 2.25. The van der Waals surface area contributed by atoms with Crippen LogP contribution in [0.1, 0.15) is 29.8 Å². The van der Waals surface area contributed by atoms with Gasteiger partial charge < -0.3 is 14.4 Å². The van der Waals surface area contributed by atoms with Crippen molar-refractivity contribution in [1.29, 1.82) is 0 Å². The molecule has 0 saturated carbocycles. The van der Waals surface area contributed by atoms with Gasteiger partial charge in [-0.3, -0.25) is 4.79 Å². The Morgan fingerprint density at radius 1 is 1.33 bits per heavy atom. The van der Waals surface area contributed by atoms with Crippen molar-refractivity contribution in [1.82, 2.24) is 4.90 Å². The van der Waals surface area contributed by atoms with Crippen molar-refractivity contribution in [2.75, 3.05) is 6.54 Å². The molecule has 1 atom stereocenters. The van der Waals surface area contributed by atoms with E-state index in [-0.39, 0.29) is 11.3 Å². The number of carboxylic acids is 1. The van der Waals surface area contributed by atoms with Crippen molar-refractivity contribution >= 4 is 22.8 Å². The van der Waals surface area contributed by atoms with Crippen LogP contribution in [-0.4, -0.2) is 34.5 Å². The molecule has 1 N–H and O–H groups in total. The van der Waals surface area contributed by atoms with Gasteiger partial charge in [-0.05, 0) is 31.4 Å². The highest BCUT2D eigenvalue weighted by atomic mass is 19.1. The minimum Gasteiger partial charge on any atom is -0.480 e. The molecular weight excluding hydrogens is 277 g/mol. The molecule has 6 heteroatoms. The first-order valence-corrected chi connectivity index (χ1v) is 6.80. The van der Waals surface area contributed by atoms with E-state index < -0.39 is 23.7 Å². The van der Waals surface area contributed by atoms with E-state index in [1.807, 2.05) is 0 Å². The second kappa shape index (κ2) is 5.20. The number of amides is 1. The average molecular weight is 291 g/mol. The van der Waals surface area contributed by atoms with Gasteiger partial charge in [0.05, 0.1) is 0 Å². The molecule has 0 unspecified atom stereocenters. The largest absolute Gasteiger partial charge is 0.480 e. The summed E-state index contributed by atoms with van der Waals surface area (Å²) in [5, 5.41) is 9.69. The third-order valence-electron chi connectivity index (χ3n) is 3.76. The highest BCUT2D eigenvalue weighted by Gasteiger charge is 2.33. The predicted molar refractivity (Wildman–Crippen MR) is 72.5 cm³/mol. The van der Waals surface area contributed by atoms with Crippen LogP contribution in [0, 0.1) is 5.82 Å². The molecule has 1 fully saturated rings. The molecule has 2 aromatic rings. The molecule has 0 aliphatic carbocycles. The van der Waals surface area contributed by atoms with Crippen LogP contribution in [0.5, 0.6) is 0 Å². The number of hydrogen-bond acceptors (Lipinski definition) is 3. The molecule has 1 amide bonds. The standard InChI is InChI=1S/C15H14FNO4/c16-10-5-3-4-9-8-12(21-13(9)10)14(18)17-7-2-1-6-11(17)15(19)20/h3-5,8,11H,1-2,6-7H2,(H,19,20)/t11-/m0/s1. The lowest BCUT2D eigenvalue weighted by Gasteiger charge is -2.32. The molecule has 21 heavy (non-hydrogen) atoms. The van der Waals surface area contributed by atoms with Gasteiger partial charge in [0, 0.05) is 11.9 Å². The normalized spacial score (nSPS) is 18.9. The Hall–Kier alpha value is -2.37. The number of aliphatic carboxylic acids is 1. The van der Waals surface area contributed by atoms with E-state index in [1.54, 1.807) is 6.07 Å². The van der Waals surface area contributed by atoms with Gasteiger partial charge in [-0.15, -0.1) is 0 Å². The van der Waals surface area contributed by atoms with Gasteiger partial charge in [0.1, 0.15) is 6.04 Å². The lowest BCUT2D eigenvalue weighted by molar-refractivity contribution is -0.143. The van der Waals surface area contributed by atoms with Gasteiger partial charge in [0.25, 0.3) is 5.91 Å². The summed E-state index contributed by atoms with van der Waals surface area (Å²) in [7, 11) is 0. The van der Waals surface area contributed by atoms with Crippen LogP contribution in [-0.2, 0) is 4.79 Å². The summed E-state index contributed by atoms with van der Waals surface area (Å²) in [5.41, 5.74) is 0.0183. The Bertz CT molecular complexity index is 709. The maximum atomic E-state index is 13.6. The summed E-state index contributed by atoms with van der Waals surface area (Å²) in [6.07, 6.45) is 1.95. The Kier molecular flexibility index (Phi) is 3.37. The van der Waals surface area contributed by atoms with Gasteiger partial charge in [0.2, 0.25) is 0 Å². The van der Waals surface area contributed by atoms with Crippen LogP contribution in [0.15, 0.2) is 28.7 Å². The molecule has 1 saturated heterocycles. The number of nitrogens with zero attached hydrogens (tertiary/aromatic N) is 1. The molecule has 1 aromatic carbocycles. The van der Waals surface area contributed by atoms with Crippen LogP contribution in [0.3, 0.4) is 0 Å². The van der Waals surface area contributed by atoms with Gasteiger partial charge in [-0.25, -0.2) is 9.18 Å². The first kappa shape index (κ1) is 13.6. The van der Waals surface area contributed by atoms with Gasteiger partial charge in [-0.1, -0.05) is 12.1 Å². The first-order valence-electron chi connectivity index (χ1n) is 6.80. The topological polar surface area (TPSA) is 70.8 Å². The molecule has 1 aliphatic heterocycles. The fourth-order valence-electron chi connectivity index (χ4n) is 2.71. The molecule has 0 bridgehead atoms. The third kappa shape index (κ3) is 2.37. The van der Waals surface area contributed by atoms with Gasteiger partial charge >= 0.3 is 5.97 Å². The molecule has 0 radical (unpaired) electrons. The molecular formula is C15H14FNO4. The molecule has 0 spiro atoms. The number of likely N-dealkylation sites (tertiary alicyclic amines) is 1. The fourth-order valence-corrected chi connectivity index (χ4v) is 2.71. The molecule has 3 rings (SSSR count). The maximum Gasteiger partial charge on any atom is 0.326 e. The minimum atomic E-state index is -1.02. The van der Waals surface area contributed by atoms with Crippen molar-refractivity contribution in [3.8, 4) is 0 Å². The lowest BCUT2D eigenvalue weighted by atomic mass is 10.0. The Morgan fingerprint density at radius 2 is 2.14 bits per heavy atom. The summed E-state index contributed by atoms with van der Waals surface area (Å²) in [5.74, 6) is -2.09. The number of para-hydroxylation sites is 1. The molecule has 110 valence electrons. The lowest BCUT2D eigenvalue weighted by Crippen LogP contribution is -2.47. The number of carbonyl (C=O) groups is 2. The van der Waals surface area contributed by atoms with Crippen molar-refractivity contribution in [3.05, 3.63) is 35.8 Å². The predicted octanol–water partition coefficient (Wildman–Crippen LogP) is 2.65. The number of furan rings is 1. The van der Waals surface area contributed by atoms with E-state index in [1.165, 1.54) is 23.1 Å². The number of halogens is 1. The van der Waals surface area contributed by atoms with E-state index >= 15 is 0 Å². The minimum absolute atomic E-state index is 0.0183. The number of hydrogen-bond donors (Lipinski definition) is 1. The Labute approximate surface area is 119 Å². The highest BCUT2D eigenvalue weighted by molar-refractivity contribution is 5.98. The summed E-state index contributed by atoms with van der Waals surface area (Å²) in [6.45, 7) is 0.370. The molecule has 2 heterocycles. The van der Waals surface area contributed by atoms with Gasteiger partial charge in [0.15, 0.2) is 17.2 Å². The van der Waals surface area contributed by atoms with Crippen LogP contribution in [0.2, 0.25) is 0 Å². The fraction of sp³-hybridized carbons (Fsp3) is 0.333. The maximum absolute atomic E-state index is 13.6. The second-order valence-electron chi connectivity index (χ2n) is 5.12.